The third-order valence-electron chi connectivity index (χ3n) is 2.85. The fraction of sp³-hybridized carbons (Fsp3) is 0.455. The summed E-state index contributed by atoms with van der Waals surface area (Å²) in [4.78, 5) is 0. The lowest BCUT2D eigenvalue weighted by molar-refractivity contribution is 0.581. The molecule has 1 aromatic rings. The van der Waals surface area contributed by atoms with Crippen molar-refractivity contribution in [1.29, 1.82) is 0 Å². The molecule has 1 fully saturated rings. The van der Waals surface area contributed by atoms with Gasteiger partial charge in [-0.15, -0.1) is 0 Å². The minimum Gasteiger partial charge on any atom is -0.313 e. The lowest BCUT2D eigenvalue weighted by Crippen LogP contribution is -2.32. The lowest BCUT2D eigenvalue weighted by atomic mass is 10.3. The molecule has 19 heavy (non-hydrogen) atoms. The molecule has 0 aromatic heterocycles. The maximum absolute atomic E-state index is 12.1. The third kappa shape index (κ3) is 4.42. The Morgan fingerprint density at radius 1 is 1.26 bits per heavy atom. The number of halogens is 3. The second kappa shape index (κ2) is 6.43. The summed E-state index contributed by atoms with van der Waals surface area (Å²) in [5.74, 6) is 0.0992. The quantitative estimate of drug-likeness (QED) is 0.699. The van der Waals surface area contributed by atoms with Gasteiger partial charge in [-0.2, -0.15) is 0 Å². The van der Waals surface area contributed by atoms with E-state index in [9.17, 15) is 8.42 Å². The van der Waals surface area contributed by atoms with Gasteiger partial charge in [0.15, 0.2) is 0 Å². The molecule has 2 rings (SSSR count). The van der Waals surface area contributed by atoms with E-state index in [1.54, 1.807) is 12.1 Å². The Morgan fingerprint density at radius 2 is 1.89 bits per heavy atom. The molecule has 1 atom stereocenters. The van der Waals surface area contributed by atoms with Crippen LogP contribution in [0.4, 0.5) is 5.69 Å². The van der Waals surface area contributed by atoms with Gasteiger partial charge < -0.3 is 5.32 Å². The maximum atomic E-state index is 12.1. The standard InChI is InChI=1S/C11H13Br3N2O2S/c12-7-4-9(13)11(10(14)5-7)16-19(17,18)6-8-2-1-3-15-8/h4-5,8,15-16H,1-3,6H2. The van der Waals surface area contributed by atoms with Crippen LogP contribution in [0.1, 0.15) is 12.8 Å². The summed E-state index contributed by atoms with van der Waals surface area (Å²) in [5.41, 5.74) is 0.529. The van der Waals surface area contributed by atoms with Crippen molar-refractivity contribution in [2.24, 2.45) is 0 Å². The molecule has 0 radical (unpaired) electrons. The summed E-state index contributed by atoms with van der Waals surface area (Å²) in [5, 5.41) is 3.19. The molecule has 1 aliphatic heterocycles. The largest absolute Gasteiger partial charge is 0.313 e. The van der Waals surface area contributed by atoms with E-state index in [-0.39, 0.29) is 11.8 Å². The van der Waals surface area contributed by atoms with Gasteiger partial charge in [0.25, 0.3) is 0 Å². The van der Waals surface area contributed by atoms with Crippen molar-refractivity contribution in [3.05, 3.63) is 25.6 Å². The molecule has 1 heterocycles. The Kier molecular flexibility index (Phi) is 5.33. The van der Waals surface area contributed by atoms with Crippen LogP contribution in [0.3, 0.4) is 0 Å². The highest BCUT2D eigenvalue weighted by molar-refractivity contribution is 9.11. The monoisotopic (exact) mass is 474 g/mol. The van der Waals surface area contributed by atoms with E-state index in [1.165, 1.54) is 0 Å². The van der Waals surface area contributed by atoms with Gasteiger partial charge in [0, 0.05) is 19.5 Å². The Balaban J connectivity index is 2.15. The van der Waals surface area contributed by atoms with Gasteiger partial charge in [0.2, 0.25) is 10.0 Å². The second-order valence-corrected chi connectivity index (χ2v) is 8.81. The molecule has 0 saturated carbocycles. The van der Waals surface area contributed by atoms with Gasteiger partial charge in [-0.25, -0.2) is 8.42 Å². The number of rotatable bonds is 4. The molecule has 8 heteroatoms. The number of hydrogen-bond acceptors (Lipinski definition) is 3. The fourth-order valence-corrected chi connectivity index (χ4v) is 6.15. The van der Waals surface area contributed by atoms with E-state index in [0.29, 0.717) is 14.6 Å². The molecule has 0 spiro atoms. The zero-order valence-electron chi connectivity index (χ0n) is 9.92. The van der Waals surface area contributed by atoms with Gasteiger partial charge in [0.05, 0.1) is 11.4 Å². The molecule has 0 bridgehead atoms. The topological polar surface area (TPSA) is 58.2 Å². The van der Waals surface area contributed by atoms with Crippen molar-refractivity contribution in [2.75, 3.05) is 17.0 Å². The zero-order valence-corrected chi connectivity index (χ0v) is 15.5. The van der Waals surface area contributed by atoms with Gasteiger partial charge in [-0.3, -0.25) is 4.72 Å². The molecule has 106 valence electrons. The molecule has 1 unspecified atom stereocenters. The summed E-state index contributed by atoms with van der Waals surface area (Å²) in [6.45, 7) is 0.895. The van der Waals surface area contributed by atoms with Gasteiger partial charge in [-0.1, -0.05) is 15.9 Å². The summed E-state index contributed by atoms with van der Waals surface area (Å²) in [7, 11) is -3.36. The van der Waals surface area contributed by atoms with E-state index in [1.807, 2.05) is 0 Å². The third-order valence-corrected chi connectivity index (χ3v) is 5.91. The summed E-state index contributed by atoms with van der Waals surface area (Å²) < 4.78 is 29.2. The van der Waals surface area contributed by atoms with E-state index in [4.69, 9.17) is 0 Å². The van der Waals surface area contributed by atoms with Crippen molar-refractivity contribution in [1.82, 2.24) is 5.32 Å². The predicted octanol–water partition coefficient (Wildman–Crippen LogP) is 3.47. The first-order valence-electron chi connectivity index (χ1n) is 5.76. The SMILES string of the molecule is O=S(=O)(CC1CCCN1)Nc1c(Br)cc(Br)cc1Br. The normalized spacial score (nSPS) is 19.6. The average Bonchev–Trinajstić information content (AvgIpc) is 2.75. The van der Waals surface area contributed by atoms with Crippen molar-refractivity contribution < 1.29 is 8.42 Å². The molecular formula is C11H13Br3N2O2S. The Labute approximate surface area is 138 Å². The van der Waals surface area contributed by atoms with Crippen LogP contribution in [0.2, 0.25) is 0 Å². The molecule has 4 nitrogen and oxygen atoms in total. The van der Waals surface area contributed by atoms with Crippen molar-refractivity contribution in [2.45, 2.75) is 18.9 Å². The van der Waals surface area contributed by atoms with Crippen LogP contribution in [0.5, 0.6) is 0 Å². The highest BCUT2D eigenvalue weighted by Crippen LogP contribution is 2.35. The molecule has 1 aliphatic rings. The second-order valence-electron chi connectivity index (χ2n) is 4.42. The van der Waals surface area contributed by atoms with Crippen LogP contribution in [-0.2, 0) is 10.0 Å². The van der Waals surface area contributed by atoms with E-state index in [2.05, 4.69) is 57.8 Å². The van der Waals surface area contributed by atoms with Crippen molar-refractivity contribution in [3.63, 3.8) is 0 Å². The van der Waals surface area contributed by atoms with Crippen LogP contribution >= 0.6 is 47.8 Å². The first-order valence-corrected chi connectivity index (χ1v) is 9.79. The van der Waals surface area contributed by atoms with Crippen LogP contribution in [0, 0.1) is 0 Å². The van der Waals surface area contributed by atoms with Crippen LogP contribution in [0.25, 0.3) is 0 Å². The Hall–Kier alpha value is 0.370. The van der Waals surface area contributed by atoms with Gasteiger partial charge in [0.1, 0.15) is 0 Å². The summed E-state index contributed by atoms with van der Waals surface area (Å²) >= 11 is 10.1. The molecule has 1 saturated heterocycles. The molecule has 1 aromatic carbocycles. The fourth-order valence-electron chi connectivity index (χ4n) is 2.00. The molecule has 0 aliphatic carbocycles. The van der Waals surface area contributed by atoms with Crippen molar-refractivity contribution in [3.8, 4) is 0 Å². The Morgan fingerprint density at radius 3 is 2.42 bits per heavy atom. The van der Waals surface area contributed by atoms with Crippen LogP contribution in [-0.4, -0.2) is 26.8 Å². The lowest BCUT2D eigenvalue weighted by Gasteiger charge is -2.15. The summed E-state index contributed by atoms with van der Waals surface area (Å²) in [6, 6.07) is 3.65. The number of hydrogen-bond donors (Lipinski definition) is 2. The van der Waals surface area contributed by atoms with E-state index < -0.39 is 10.0 Å². The molecule has 2 N–H and O–H groups in total. The van der Waals surface area contributed by atoms with E-state index >= 15 is 0 Å². The van der Waals surface area contributed by atoms with Gasteiger partial charge in [-0.05, 0) is 63.4 Å². The first-order chi connectivity index (χ1) is 8.87. The predicted molar refractivity (Wildman–Crippen MR) is 88.0 cm³/mol. The van der Waals surface area contributed by atoms with Crippen molar-refractivity contribution >= 4 is 63.5 Å². The first kappa shape index (κ1) is 15.8. The van der Waals surface area contributed by atoms with Gasteiger partial charge >= 0.3 is 0 Å². The molecular weight excluding hydrogens is 464 g/mol. The highest BCUT2D eigenvalue weighted by Gasteiger charge is 2.23. The minimum atomic E-state index is -3.36. The smallest absolute Gasteiger partial charge is 0.234 e. The zero-order chi connectivity index (χ0) is 14.0. The maximum Gasteiger partial charge on any atom is 0.234 e. The van der Waals surface area contributed by atoms with E-state index in [0.717, 1.165) is 23.9 Å². The average molecular weight is 477 g/mol. The Bertz CT molecular complexity index is 548. The van der Waals surface area contributed by atoms with Crippen LogP contribution < -0.4 is 10.0 Å². The minimum absolute atomic E-state index is 0.0468. The number of benzene rings is 1. The number of anilines is 1. The number of sulfonamides is 1. The summed E-state index contributed by atoms with van der Waals surface area (Å²) in [6.07, 6.45) is 1.94. The van der Waals surface area contributed by atoms with Crippen LogP contribution in [0.15, 0.2) is 25.6 Å². The highest BCUT2D eigenvalue weighted by atomic mass is 79.9. The number of nitrogens with one attached hydrogen (secondary N) is 2. The molecule has 0 amide bonds.